The molecule has 1 saturated carbocycles. The first-order chi connectivity index (χ1) is 8.15. The third-order valence-electron chi connectivity index (χ3n) is 4.61. The van der Waals surface area contributed by atoms with Crippen molar-refractivity contribution >= 4 is 18.0 Å². The van der Waals surface area contributed by atoms with Crippen LogP contribution in [0.3, 0.4) is 0 Å². The third kappa shape index (κ3) is 3.25. The predicted octanol–water partition coefficient (Wildman–Crippen LogP) is 2.82. The van der Waals surface area contributed by atoms with Gasteiger partial charge >= 0.3 is 0 Å². The first kappa shape index (κ1) is 13.4. The second-order valence-electron chi connectivity index (χ2n) is 6.10. The summed E-state index contributed by atoms with van der Waals surface area (Å²) in [6.07, 6.45) is 7.21. The van der Waals surface area contributed by atoms with Gasteiger partial charge in [-0.1, -0.05) is 6.92 Å². The molecule has 98 valence electrons. The Bertz CT molecular complexity index is 255. The van der Waals surface area contributed by atoms with E-state index in [1.165, 1.54) is 37.1 Å². The van der Waals surface area contributed by atoms with Crippen LogP contribution in [-0.2, 0) is 4.79 Å². The molecule has 1 saturated heterocycles. The lowest BCUT2D eigenvalue weighted by atomic mass is 9.71. The number of aldehydes is 1. The molecule has 1 aliphatic heterocycles. The summed E-state index contributed by atoms with van der Waals surface area (Å²) in [6, 6.07) is 0.705. The molecule has 0 spiro atoms. The Morgan fingerprint density at radius 1 is 1.35 bits per heavy atom. The van der Waals surface area contributed by atoms with E-state index in [1.807, 2.05) is 11.8 Å². The molecule has 0 radical (unpaired) electrons. The van der Waals surface area contributed by atoms with Gasteiger partial charge in [-0.3, -0.25) is 0 Å². The van der Waals surface area contributed by atoms with Crippen molar-refractivity contribution in [3.8, 4) is 0 Å². The molecular formula is C14H25NOS. The molecule has 1 unspecified atom stereocenters. The van der Waals surface area contributed by atoms with Crippen LogP contribution < -0.4 is 0 Å². The number of carbonyl (C=O) groups is 1. The maximum atomic E-state index is 11.5. The molecule has 0 aromatic carbocycles. The SMILES string of the molecule is CC1CCC(C=O)(CN(C)C2CCSC2)CC1. The summed E-state index contributed by atoms with van der Waals surface area (Å²) in [6.45, 7) is 3.29. The van der Waals surface area contributed by atoms with Gasteiger partial charge in [-0.25, -0.2) is 0 Å². The third-order valence-corrected chi connectivity index (χ3v) is 5.76. The Kier molecular flexibility index (Phi) is 4.53. The molecule has 0 aromatic heterocycles. The Morgan fingerprint density at radius 2 is 2.06 bits per heavy atom. The number of hydrogen-bond acceptors (Lipinski definition) is 3. The molecule has 3 heteroatoms. The summed E-state index contributed by atoms with van der Waals surface area (Å²) in [4.78, 5) is 14.0. The van der Waals surface area contributed by atoms with Gasteiger partial charge < -0.3 is 9.69 Å². The number of nitrogens with zero attached hydrogens (tertiary/aromatic N) is 1. The lowest BCUT2D eigenvalue weighted by molar-refractivity contribution is -0.119. The van der Waals surface area contributed by atoms with E-state index in [2.05, 4.69) is 18.9 Å². The van der Waals surface area contributed by atoms with Gasteiger partial charge in [0.1, 0.15) is 6.29 Å². The first-order valence-electron chi connectivity index (χ1n) is 6.89. The van der Waals surface area contributed by atoms with E-state index in [-0.39, 0.29) is 5.41 Å². The van der Waals surface area contributed by atoms with Crippen LogP contribution in [-0.4, -0.2) is 42.3 Å². The highest BCUT2D eigenvalue weighted by Crippen LogP contribution is 2.38. The number of hydrogen-bond donors (Lipinski definition) is 0. The lowest BCUT2D eigenvalue weighted by Gasteiger charge is -2.39. The van der Waals surface area contributed by atoms with Gasteiger partial charge in [0.2, 0.25) is 0 Å². The summed E-state index contributed by atoms with van der Waals surface area (Å²) in [5.74, 6) is 3.36. The van der Waals surface area contributed by atoms with Crippen molar-refractivity contribution in [2.24, 2.45) is 11.3 Å². The van der Waals surface area contributed by atoms with Crippen molar-refractivity contribution in [3.63, 3.8) is 0 Å². The summed E-state index contributed by atoms with van der Waals surface area (Å²) < 4.78 is 0. The van der Waals surface area contributed by atoms with Crippen LogP contribution >= 0.6 is 11.8 Å². The Balaban J connectivity index is 1.91. The zero-order chi connectivity index (χ0) is 12.3. The smallest absolute Gasteiger partial charge is 0.127 e. The maximum absolute atomic E-state index is 11.5. The fourth-order valence-corrected chi connectivity index (χ4v) is 4.44. The minimum absolute atomic E-state index is 0.0332. The summed E-state index contributed by atoms with van der Waals surface area (Å²) in [7, 11) is 2.21. The molecular weight excluding hydrogens is 230 g/mol. The minimum Gasteiger partial charge on any atom is -0.303 e. The fraction of sp³-hybridized carbons (Fsp3) is 0.929. The van der Waals surface area contributed by atoms with Crippen LogP contribution in [0.5, 0.6) is 0 Å². The number of carbonyl (C=O) groups excluding carboxylic acids is 1. The molecule has 0 amide bonds. The van der Waals surface area contributed by atoms with Gasteiger partial charge in [0, 0.05) is 23.8 Å². The summed E-state index contributed by atoms with van der Waals surface area (Å²) >= 11 is 2.05. The Morgan fingerprint density at radius 3 is 2.59 bits per heavy atom. The van der Waals surface area contributed by atoms with Crippen LogP contribution in [0.4, 0.5) is 0 Å². The van der Waals surface area contributed by atoms with Gasteiger partial charge in [-0.05, 0) is 50.8 Å². The molecule has 0 bridgehead atoms. The van der Waals surface area contributed by atoms with Gasteiger partial charge in [0.25, 0.3) is 0 Å². The monoisotopic (exact) mass is 255 g/mol. The first-order valence-corrected chi connectivity index (χ1v) is 8.05. The van der Waals surface area contributed by atoms with Crippen molar-refractivity contribution in [1.82, 2.24) is 4.90 Å². The van der Waals surface area contributed by atoms with E-state index in [1.54, 1.807) is 0 Å². The molecule has 2 fully saturated rings. The molecule has 2 rings (SSSR count). The molecule has 0 N–H and O–H groups in total. The quantitative estimate of drug-likeness (QED) is 0.721. The van der Waals surface area contributed by atoms with Crippen LogP contribution in [0, 0.1) is 11.3 Å². The molecule has 1 atom stereocenters. The number of rotatable bonds is 4. The fourth-order valence-electron chi connectivity index (χ4n) is 3.15. The van der Waals surface area contributed by atoms with E-state index in [4.69, 9.17) is 0 Å². The number of thioether (sulfide) groups is 1. The van der Waals surface area contributed by atoms with Gasteiger partial charge in [0.05, 0.1) is 0 Å². The molecule has 2 aliphatic rings. The second kappa shape index (κ2) is 5.75. The molecule has 2 nitrogen and oxygen atoms in total. The summed E-state index contributed by atoms with van der Waals surface area (Å²) in [5.41, 5.74) is -0.0332. The van der Waals surface area contributed by atoms with Gasteiger partial charge in [0.15, 0.2) is 0 Å². The van der Waals surface area contributed by atoms with E-state index in [0.29, 0.717) is 6.04 Å². The normalized spacial score (nSPS) is 38.5. The maximum Gasteiger partial charge on any atom is 0.127 e. The van der Waals surface area contributed by atoms with E-state index in [0.717, 1.165) is 25.3 Å². The van der Waals surface area contributed by atoms with Crippen LogP contribution in [0.25, 0.3) is 0 Å². The highest BCUT2D eigenvalue weighted by molar-refractivity contribution is 7.99. The molecule has 0 aromatic rings. The molecule has 17 heavy (non-hydrogen) atoms. The summed E-state index contributed by atoms with van der Waals surface area (Å²) in [5, 5.41) is 0. The molecule has 1 heterocycles. The highest BCUT2D eigenvalue weighted by Gasteiger charge is 2.36. The van der Waals surface area contributed by atoms with Crippen LogP contribution in [0.15, 0.2) is 0 Å². The van der Waals surface area contributed by atoms with E-state index < -0.39 is 0 Å². The Labute approximate surface area is 110 Å². The topological polar surface area (TPSA) is 20.3 Å². The van der Waals surface area contributed by atoms with Crippen molar-refractivity contribution in [2.75, 3.05) is 25.1 Å². The molecule has 1 aliphatic carbocycles. The minimum atomic E-state index is -0.0332. The average Bonchev–Trinajstić information content (AvgIpc) is 2.86. The highest BCUT2D eigenvalue weighted by atomic mass is 32.2. The van der Waals surface area contributed by atoms with Crippen molar-refractivity contribution in [1.29, 1.82) is 0 Å². The van der Waals surface area contributed by atoms with Crippen molar-refractivity contribution in [2.45, 2.75) is 45.1 Å². The zero-order valence-corrected chi connectivity index (χ0v) is 12.0. The van der Waals surface area contributed by atoms with E-state index >= 15 is 0 Å². The Hall–Kier alpha value is -0.0200. The van der Waals surface area contributed by atoms with E-state index in [9.17, 15) is 4.79 Å². The zero-order valence-electron chi connectivity index (χ0n) is 11.2. The standard InChI is InChI=1S/C14H25NOS/c1-12-3-6-14(11-16,7-4-12)10-15(2)13-5-8-17-9-13/h11-13H,3-10H2,1-2H3. The predicted molar refractivity (Wildman–Crippen MR) is 74.5 cm³/mol. The largest absolute Gasteiger partial charge is 0.303 e. The van der Waals surface area contributed by atoms with Crippen molar-refractivity contribution in [3.05, 3.63) is 0 Å². The van der Waals surface area contributed by atoms with Crippen LogP contribution in [0.2, 0.25) is 0 Å². The lowest BCUT2D eigenvalue weighted by Crippen LogP contribution is -2.43. The van der Waals surface area contributed by atoms with Gasteiger partial charge in [-0.2, -0.15) is 11.8 Å². The second-order valence-corrected chi connectivity index (χ2v) is 7.25. The van der Waals surface area contributed by atoms with Gasteiger partial charge in [-0.15, -0.1) is 0 Å². The van der Waals surface area contributed by atoms with Crippen LogP contribution in [0.1, 0.15) is 39.0 Å². The van der Waals surface area contributed by atoms with Crippen molar-refractivity contribution < 1.29 is 4.79 Å². The average molecular weight is 255 g/mol.